The molecular weight excluding hydrogens is 428 g/mol. The van der Waals surface area contributed by atoms with Gasteiger partial charge in [0.1, 0.15) is 0 Å². The van der Waals surface area contributed by atoms with E-state index in [-0.39, 0.29) is 17.0 Å². The normalized spacial score (nSPS) is 32.1. The highest BCUT2D eigenvalue weighted by molar-refractivity contribution is 5.65. The number of pyridine rings is 1. The third kappa shape index (κ3) is 3.60. The van der Waals surface area contributed by atoms with Crippen LogP contribution in [0.1, 0.15) is 56.7 Å². The van der Waals surface area contributed by atoms with Crippen LogP contribution in [-0.4, -0.2) is 58.6 Å². The minimum atomic E-state index is -2.94. The Balaban J connectivity index is 1.27. The number of nitrogen functional groups attached to an aromatic ring is 1. The third-order valence-corrected chi connectivity index (χ3v) is 8.50. The number of alkyl halides is 2. The number of halogens is 2. The van der Waals surface area contributed by atoms with E-state index in [1.54, 1.807) is 12.3 Å². The molecule has 0 aromatic carbocycles. The number of ether oxygens (including phenoxy) is 2. The summed E-state index contributed by atoms with van der Waals surface area (Å²) in [5.74, 6) is 0.972. The Labute approximate surface area is 192 Å². The van der Waals surface area contributed by atoms with Gasteiger partial charge in [-0.1, -0.05) is 6.92 Å². The summed E-state index contributed by atoms with van der Waals surface area (Å²) in [5, 5.41) is 5.08. The maximum atomic E-state index is 12.8. The van der Waals surface area contributed by atoms with Gasteiger partial charge in [0.15, 0.2) is 11.6 Å². The molecule has 9 heteroatoms. The van der Waals surface area contributed by atoms with Gasteiger partial charge in [-0.25, -0.2) is 4.98 Å². The second-order valence-corrected chi connectivity index (χ2v) is 10.3. The Hall–Kier alpha value is -2.26. The fourth-order valence-electron chi connectivity index (χ4n) is 6.47. The molecule has 178 valence electrons. The van der Waals surface area contributed by atoms with Crippen molar-refractivity contribution in [3.05, 3.63) is 24.0 Å². The number of morpholine rings is 1. The van der Waals surface area contributed by atoms with Gasteiger partial charge in [0.05, 0.1) is 30.6 Å². The van der Waals surface area contributed by atoms with Crippen LogP contribution in [0.25, 0.3) is 11.3 Å². The molecule has 1 aliphatic heterocycles. The fraction of sp³-hybridized carbons (Fsp3) is 0.667. The van der Waals surface area contributed by atoms with E-state index in [0.717, 1.165) is 50.5 Å². The highest BCUT2D eigenvalue weighted by atomic mass is 19.3. The van der Waals surface area contributed by atoms with Gasteiger partial charge in [-0.05, 0) is 55.6 Å². The summed E-state index contributed by atoms with van der Waals surface area (Å²) >= 11 is 0. The van der Waals surface area contributed by atoms with Crippen LogP contribution in [0, 0.1) is 11.3 Å². The first-order valence-electron chi connectivity index (χ1n) is 12.1. The van der Waals surface area contributed by atoms with Crippen molar-refractivity contribution >= 4 is 5.82 Å². The first-order chi connectivity index (χ1) is 15.9. The quantitative estimate of drug-likeness (QED) is 0.702. The van der Waals surface area contributed by atoms with Gasteiger partial charge < -0.3 is 15.2 Å². The Morgan fingerprint density at radius 3 is 2.64 bits per heavy atom. The van der Waals surface area contributed by atoms with Crippen molar-refractivity contribution in [3.8, 4) is 17.0 Å². The predicted octanol–water partition coefficient (Wildman–Crippen LogP) is 4.07. The molecule has 3 heterocycles. The monoisotopic (exact) mass is 459 g/mol. The van der Waals surface area contributed by atoms with E-state index < -0.39 is 6.61 Å². The molecule has 2 N–H and O–H groups in total. The lowest BCUT2D eigenvalue weighted by atomic mass is 9.93. The maximum Gasteiger partial charge on any atom is 0.387 e. The molecule has 4 fully saturated rings. The molecule has 4 atom stereocenters. The highest BCUT2D eigenvalue weighted by Gasteiger charge is 2.67. The van der Waals surface area contributed by atoms with Gasteiger partial charge >= 0.3 is 6.61 Å². The van der Waals surface area contributed by atoms with Crippen molar-refractivity contribution in [1.29, 1.82) is 0 Å². The van der Waals surface area contributed by atoms with Crippen LogP contribution in [-0.2, 0) is 4.74 Å². The van der Waals surface area contributed by atoms with E-state index in [1.165, 1.54) is 19.3 Å². The lowest BCUT2D eigenvalue weighted by Crippen LogP contribution is -2.43. The van der Waals surface area contributed by atoms with Gasteiger partial charge in [0, 0.05) is 36.8 Å². The van der Waals surface area contributed by atoms with Crippen LogP contribution in [0.3, 0.4) is 0 Å². The Bertz CT molecular complexity index is 1040. The molecule has 0 bridgehead atoms. The number of hydrogen-bond donors (Lipinski definition) is 1. The summed E-state index contributed by atoms with van der Waals surface area (Å²) in [5.41, 5.74) is 8.80. The molecule has 3 saturated carbocycles. The summed E-state index contributed by atoms with van der Waals surface area (Å²) in [4.78, 5) is 6.72. The van der Waals surface area contributed by atoms with Gasteiger partial charge in [0.2, 0.25) is 0 Å². The molecule has 4 aliphatic rings. The number of anilines is 1. The minimum absolute atomic E-state index is 0.0348. The first-order valence-corrected chi connectivity index (χ1v) is 12.1. The van der Waals surface area contributed by atoms with Gasteiger partial charge in [0.25, 0.3) is 0 Å². The van der Waals surface area contributed by atoms with Crippen LogP contribution in [0.15, 0.2) is 18.3 Å². The van der Waals surface area contributed by atoms with Crippen LogP contribution in [0.5, 0.6) is 5.75 Å². The summed E-state index contributed by atoms with van der Waals surface area (Å²) in [6.07, 6.45) is 7.40. The molecule has 1 unspecified atom stereocenters. The molecule has 6 rings (SSSR count). The van der Waals surface area contributed by atoms with E-state index in [1.807, 2.05) is 0 Å². The molecule has 2 aromatic heterocycles. The average Bonchev–Trinajstić information content (AvgIpc) is 3.05. The smallest absolute Gasteiger partial charge is 0.387 e. The largest absolute Gasteiger partial charge is 0.431 e. The standard InChI is InChI=1S/C24H31F2N5O2/c1-24-12-16(30-5-7-32-8-6-30)10-17(24)21(24)18-11-19(31(29-18)15-3-2-4-15)14-9-20(33-23(25)26)22(27)28-13-14/h9,11,13,15-17,21,23H,2-8,10,12H2,1H3,(H2,27,28)/t16-,17-,21+,24?/m0/s1. The second kappa shape index (κ2) is 7.91. The van der Waals surface area contributed by atoms with Crippen LogP contribution in [0.4, 0.5) is 14.6 Å². The fourth-order valence-corrected chi connectivity index (χ4v) is 6.47. The average molecular weight is 460 g/mol. The van der Waals surface area contributed by atoms with E-state index in [9.17, 15) is 8.78 Å². The number of fused-ring (bicyclic) bond motifs is 1. The third-order valence-electron chi connectivity index (χ3n) is 8.50. The van der Waals surface area contributed by atoms with Crippen molar-refractivity contribution in [3.63, 3.8) is 0 Å². The molecule has 2 aromatic rings. The molecule has 0 radical (unpaired) electrons. The van der Waals surface area contributed by atoms with E-state index >= 15 is 0 Å². The van der Waals surface area contributed by atoms with Gasteiger partial charge in [-0.3, -0.25) is 9.58 Å². The lowest BCUT2D eigenvalue weighted by Gasteiger charge is -2.34. The zero-order valence-corrected chi connectivity index (χ0v) is 18.9. The highest BCUT2D eigenvalue weighted by Crippen LogP contribution is 2.73. The number of aromatic nitrogens is 3. The van der Waals surface area contributed by atoms with Gasteiger partial charge in [-0.15, -0.1) is 0 Å². The second-order valence-electron chi connectivity index (χ2n) is 10.3. The first kappa shape index (κ1) is 21.3. The Kier molecular flexibility index (Phi) is 5.10. The minimum Gasteiger partial charge on any atom is -0.431 e. The lowest BCUT2D eigenvalue weighted by molar-refractivity contribution is -0.0494. The molecule has 0 amide bonds. The van der Waals surface area contributed by atoms with E-state index in [4.69, 9.17) is 15.6 Å². The SMILES string of the molecule is CC12C[C@@H](N3CCOCC3)C[C@H]1[C@@H]2c1cc(-c2cnc(N)c(OC(F)F)c2)n(C2CCC2)n1. The topological polar surface area (TPSA) is 78.4 Å². The zero-order chi connectivity index (χ0) is 22.7. The summed E-state index contributed by atoms with van der Waals surface area (Å²) in [6, 6.07) is 4.70. The molecule has 1 saturated heterocycles. The molecule has 33 heavy (non-hydrogen) atoms. The van der Waals surface area contributed by atoms with Crippen molar-refractivity contribution in [2.24, 2.45) is 11.3 Å². The van der Waals surface area contributed by atoms with Crippen LogP contribution >= 0.6 is 0 Å². The van der Waals surface area contributed by atoms with Crippen LogP contribution in [0.2, 0.25) is 0 Å². The van der Waals surface area contributed by atoms with Crippen molar-refractivity contribution in [2.75, 3.05) is 32.0 Å². The van der Waals surface area contributed by atoms with Gasteiger partial charge in [-0.2, -0.15) is 13.9 Å². The molecular formula is C24H31F2N5O2. The molecule has 7 nitrogen and oxygen atoms in total. The van der Waals surface area contributed by atoms with E-state index in [2.05, 4.69) is 32.3 Å². The number of nitrogens with two attached hydrogens (primary N) is 1. The summed E-state index contributed by atoms with van der Waals surface area (Å²) in [7, 11) is 0. The number of hydrogen-bond acceptors (Lipinski definition) is 6. The van der Waals surface area contributed by atoms with Crippen molar-refractivity contribution in [1.82, 2.24) is 19.7 Å². The van der Waals surface area contributed by atoms with Crippen molar-refractivity contribution in [2.45, 2.75) is 63.6 Å². The van der Waals surface area contributed by atoms with Crippen LogP contribution < -0.4 is 10.5 Å². The predicted molar refractivity (Wildman–Crippen MR) is 119 cm³/mol. The Morgan fingerprint density at radius 1 is 1.21 bits per heavy atom. The molecule has 0 spiro atoms. The number of nitrogens with zero attached hydrogens (tertiary/aromatic N) is 4. The zero-order valence-electron chi connectivity index (χ0n) is 18.9. The van der Waals surface area contributed by atoms with E-state index in [0.29, 0.717) is 29.5 Å². The summed E-state index contributed by atoms with van der Waals surface area (Å²) in [6.45, 7) is 3.20. The number of rotatable bonds is 6. The molecule has 3 aliphatic carbocycles. The van der Waals surface area contributed by atoms with Crippen molar-refractivity contribution < 1.29 is 18.3 Å². The summed E-state index contributed by atoms with van der Waals surface area (Å²) < 4.78 is 37.9. The maximum absolute atomic E-state index is 12.8. The Morgan fingerprint density at radius 2 is 2.00 bits per heavy atom.